The van der Waals surface area contributed by atoms with Crippen LogP contribution >= 0.6 is 34.8 Å². The number of unbranched alkanes of at least 4 members (excludes halogenated alkanes) is 1. The monoisotopic (exact) mass is 573 g/mol. The second-order valence-corrected chi connectivity index (χ2v) is 10.6. The Morgan fingerprint density at radius 3 is 2.30 bits per heavy atom. The Hall–Kier alpha value is -1.77. The highest BCUT2D eigenvalue weighted by Crippen LogP contribution is 2.34. The molecule has 0 saturated carbocycles. The van der Waals surface area contributed by atoms with Gasteiger partial charge < -0.3 is 24.7 Å². The molecule has 4 rings (SSSR count). The third-order valence-corrected chi connectivity index (χ3v) is 6.87. The van der Waals surface area contributed by atoms with E-state index in [-0.39, 0.29) is 12.2 Å². The van der Waals surface area contributed by atoms with Gasteiger partial charge in [0.05, 0.1) is 12.3 Å². The summed E-state index contributed by atoms with van der Waals surface area (Å²) in [4.78, 5) is 18.4. The molecule has 2 aliphatic heterocycles. The summed E-state index contributed by atoms with van der Waals surface area (Å²) in [6.45, 7) is 7.63. The number of benzene rings is 1. The van der Waals surface area contributed by atoms with Gasteiger partial charge in [0.1, 0.15) is 22.7 Å². The fraction of sp³-hybridized carbons (Fsp3) is 0.556. The fourth-order valence-electron chi connectivity index (χ4n) is 3.78. The molecule has 2 fully saturated rings. The number of aliphatic hydroxyl groups excluding tert-OH is 1. The van der Waals surface area contributed by atoms with Gasteiger partial charge in [-0.25, -0.2) is 4.98 Å². The number of aromatic nitrogens is 1. The van der Waals surface area contributed by atoms with E-state index in [1.54, 1.807) is 24.4 Å². The zero-order valence-electron chi connectivity index (χ0n) is 21.8. The van der Waals surface area contributed by atoms with E-state index in [1.165, 1.54) is 32.4 Å². The first-order valence-corrected chi connectivity index (χ1v) is 13.8. The maximum absolute atomic E-state index is 9.76. The van der Waals surface area contributed by atoms with Crippen molar-refractivity contribution in [2.24, 2.45) is 0 Å². The number of anilines is 1. The number of β-amino-alcohol motifs (C(OH)–C–C–N with tert-alkyl or cyclic N) is 1. The second-order valence-electron chi connectivity index (χ2n) is 9.32. The van der Waals surface area contributed by atoms with Gasteiger partial charge in [-0.15, -0.1) is 0 Å². The van der Waals surface area contributed by atoms with Crippen molar-refractivity contribution >= 4 is 46.6 Å². The van der Waals surface area contributed by atoms with Crippen LogP contribution in [-0.2, 0) is 4.79 Å². The minimum atomic E-state index is -0.693. The number of halogens is 3. The van der Waals surface area contributed by atoms with Gasteiger partial charge in [-0.2, -0.15) is 0 Å². The molecular weight excluding hydrogens is 537 g/mol. The Morgan fingerprint density at radius 2 is 1.81 bits per heavy atom. The van der Waals surface area contributed by atoms with Gasteiger partial charge in [-0.3, -0.25) is 4.79 Å². The zero-order chi connectivity index (χ0) is 27.4. The lowest BCUT2D eigenvalue weighted by atomic mass is 10.1. The van der Waals surface area contributed by atoms with E-state index >= 15 is 0 Å². The van der Waals surface area contributed by atoms with Crippen LogP contribution in [0.4, 0.5) is 5.82 Å². The predicted octanol–water partition coefficient (Wildman–Crippen LogP) is 6.73. The van der Waals surface area contributed by atoms with Gasteiger partial charge in [-0.1, -0.05) is 60.6 Å². The van der Waals surface area contributed by atoms with E-state index in [1.807, 2.05) is 24.8 Å². The molecule has 2 saturated heterocycles. The second kappa shape index (κ2) is 16.2. The highest BCUT2D eigenvalue weighted by Gasteiger charge is 2.26. The summed E-state index contributed by atoms with van der Waals surface area (Å²) in [5.74, 6) is 0.558. The van der Waals surface area contributed by atoms with Crippen LogP contribution in [0.15, 0.2) is 30.5 Å². The lowest BCUT2D eigenvalue weighted by Gasteiger charge is -2.37. The smallest absolute Gasteiger partial charge is 0.303 e. The van der Waals surface area contributed by atoms with Crippen molar-refractivity contribution in [2.75, 3.05) is 38.1 Å². The number of hydrogen-bond acceptors (Lipinski definition) is 6. The van der Waals surface area contributed by atoms with Crippen molar-refractivity contribution in [3.63, 3.8) is 0 Å². The average molecular weight is 575 g/mol. The molecule has 10 heteroatoms. The zero-order valence-corrected chi connectivity index (χ0v) is 24.1. The third-order valence-electron chi connectivity index (χ3n) is 6.02. The molecule has 2 aliphatic rings. The molecule has 0 amide bonds. The maximum atomic E-state index is 9.76. The van der Waals surface area contributed by atoms with Crippen LogP contribution in [0, 0.1) is 0 Å². The molecule has 1 aromatic heterocycles. The number of carboxylic acids is 1. The SMILES string of the molecule is CCCCC(=O)O.CN1CCCCC1.C[C@@H](Oc1cc(N2CC(O)C2)ncc1Cl)c1ccc(Cl)cc1Cl. The Balaban J connectivity index is 0.000000281. The summed E-state index contributed by atoms with van der Waals surface area (Å²) in [6.07, 6.45) is 7.31. The first-order chi connectivity index (χ1) is 17.6. The number of carboxylic acid groups (broad SMARTS) is 1. The molecule has 2 N–H and O–H groups in total. The number of rotatable bonds is 7. The molecule has 3 heterocycles. The normalized spacial score (nSPS) is 16.5. The molecule has 2 aromatic rings. The number of piperidine rings is 1. The molecular formula is C27H38Cl3N3O4. The summed E-state index contributed by atoms with van der Waals surface area (Å²) in [7, 11) is 2.19. The van der Waals surface area contributed by atoms with Crippen molar-refractivity contribution < 1.29 is 19.7 Å². The summed E-state index contributed by atoms with van der Waals surface area (Å²) in [5, 5.41) is 19.0. The molecule has 7 nitrogen and oxygen atoms in total. The van der Waals surface area contributed by atoms with Crippen LogP contribution < -0.4 is 9.64 Å². The topological polar surface area (TPSA) is 86.1 Å². The van der Waals surface area contributed by atoms with Crippen molar-refractivity contribution in [3.05, 3.63) is 51.1 Å². The van der Waals surface area contributed by atoms with Gasteiger partial charge in [0, 0.05) is 41.2 Å². The highest BCUT2D eigenvalue weighted by atomic mass is 35.5. The van der Waals surface area contributed by atoms with Crippen LogP contribution in [0.2, 0.25) is 15.1 Å². The van der Waals surface area contributed by atoms with E-state index in [0.29, 0.717) is 40.3 Å². The van der Waals surface area contributed by atoms with Crippen molar-refractivity contribution in [3.8, 4) is 5.75 Å². The summed E-state index contributed by atoms with van der Waals surface area (Å²) >= 11 is 18.3. The van der Waals surface area contributed by atoms with E-state index in [0.717, 1.165) is 24.2 Å². The maximum Gasteiger partial charge on any atom is 0.303 e. The molecule has 0 aliphatic carbocycles. The quantitative estimate of drug-likeness (QED) is 0.379. The largest absolute Gasteiger partial charge is 0.484 e. The first kappa shape index (κ1) is 31.4. The lowest BCUT2D eigenvalue weighted by Crippen LogP contribution is -2.51. The van der Waals surface area contributed by atoms with Crippen LogP contribution in [0.3, 0.4) is 0 Å². The van der Waals surface area contributed by atoms with Gasteiger partial charge in [-0.05, 0) is 58.5 Å². The Morgan fingerprint density at radius 1 is 1.14 bits per heavy atom. The fourth-order valence-corrected chi connectivity index (χ4v) is 4.49. The van der Waals surface area contributed by atoms with Gasteiger partial charge in [0.2, 0.25) is 0 Å². The van der Waals surface area contributed by atoms with E-state index < -0.39 is 5.97 Å². The van der Waals surface area contributed by atoms with Gasteiger partial charge >= 0.3 is 5.97 Å². The van der Waals surface area contributed by atoms with E-state index in [2.05, 4.69) is 16.9 Å². The van der Waals surface area contributed by atoms with Gasteiger partial charge in [0.15, 0.2) is 0 Å². The number of hydrogen-bond donors (Lipinski definition) is 2. The molecule has 0 radical (unpaired) electrons. The van der Waals surface area contributed by atoms with Crippen LogP contribution in [0.25, 0.3) is 0 Å². The summed E-state index contributed by atoms with van der Waals surface area (Å²) in [5.41, 5.74) is 0.824. The molecule has 0 bridgehead atoms. The predicted molar refractivity (Wildman–Crippen MR) is 151 cm³/mol. The first-order valence-electron chi connectivity index (χ1n) is 12.7. The Labute approximate surface area is 235 Å². The Kier molecular flexibility index (Phi) is 13.8. The molecule has 1 atom stereocenters. The minimum absolute atomic E-state index is 0.297. The third kappa shape index (κ3) is 11.2. The number of pyridine rings is 1. The number of carbonyl (C=O) groups is 1. The average Bonchev–Trinajstić information content (AvgIpc) is 2.83. The highest BCUT2D eigenvalue weighted by molar-refractivity contribution is 6.35. The van der Waals surface area contributed by atoms with Crippen LogP contribution in [0.1, 0.15) is 64.0 Å². The van der Waals surface area contributed by atoms with Crippen molar-refractivity contribution in [2.45, 2.75) is 64.6 Å². The molecule has 206 valence electrons. The summed E-state index contributed by atoms with van der Waals surface area (Å²) in [6, 6.07) is 7.05. The number of ether oxygens (including phenoxy) is 1. The lowest BCUT2D eigenvalue weighted by molar-refractivity contribution is -0.137. The summed E-state index contributed by atoms with van der Waals surface area (Å²) < 4.78 is 5.95. The molecule has 1 aromatic carbocycles. The van der Waals surface area contributed by atoms with Crippen LogP contribution in [0.5, 0.6) is 5.75 Å². The molecule has 0 unspecified atom stereocenters. The van der Waals surface area contributed by atoms with Gasteiger partial charge in [0.25, 0.3) is 0 Å². The molecule has 37 heavy (non-hydrogen) atoms. The van der Waals surface area contributed by atoms with E-state index in [9.17, 15) is 9.90 Å². The van der Waals surface area contributed by atoms with Crippen molar-refractivity contribution in [1.29, 1.82) is 0 Å². The number of aliphatic carboxylic acids is 1. The number of nitrogens with zero attached hydrogens (tertiary/aromatic N) is 3. The van der Waals surface area contributed by atoms with E-state index in [4.69, 9.17) is 44.6 Å². The standard InChI is InChI=1S/C16H15Cl3N2O2.C6H13N.C5H10O2/c1-9(12-3-2-10(17)4-13(12)18)23-15-5-16(20-6-14(15)19)21-7-11(22)8-21;1-7-5-3-2-4-6-7;1-2-3-4-5(6)7/h2-6,9,11,22H,7-8H2,1H3;2-6H2,1H3;2-4H2,1H3,(H,6,7)/t9-;;/m1../s1. The number of aliphatic hydroxyl groups is 1. The van der Waals surface area contributed by atoms with Crippen LogP contribution in [-0.4, -0.2) is 65.4 Å². The van der Waals surface area contributed by atoms with Crippen molar-refractivity contribution in [1.82, 2.24) is 9.88 Å². The minimum Gasteiger partial charge on any atom is -0.484 e. The number of likely N-dealkylation sites (tertiary alicyclic amines) is 1. The molecule has 0 spiro atoms. The Bertz CT molecular complexity index is 983.